The normalized spacial score (nSPS) is 20.8. The molecule has 2 N–H and O–H groups in total. The van der Waals surface area contributed by atoms with Gasteiger partial charge in [0, 0.05) is 37.9 Å². The number of hydrogen-bond donors (Lipinski definition) is 1. The van der Waals surface area contributed by atoms with Crippen molar-refractivity contribution in [3.8, 4) is 0 Å². The molecule has 5 nitrogen and oxygen atoms in total. The number of aromatic nitrogens is 1. The first-order valence-corrected chi connectivity index (χ1v) is 6.16. The Morgan fingerprint density at radius 2 is 2.44 bits per heavy atom. The monoisotopic (exact) mass is 249 g/mol. The Balaban J connectivity index is 2.03. The van der Waals surface area contributed by atoms with E-state index in [0.717, 1.165) is 24.2 Å². The van der Waals surface area contributed by atoms with Gasteiger partial charge in [0.15, 0.2) is 0 Å². The summed E-state index contributed by atoms with van der Waals surface area (Å²) in [6, 6.07) is 2.20. The van der Waals surface area contributed by atoms with Crippen molar-refractivity contribution in [1.29, 1.82) is 0 Å². The largest absolute Gasteiger partial charge is 0.378 e. The van der Waals surface area contributed by atoms with E-state index < -0.39 is 0 Å². The molecular formula is C13H19N3O2. The highest BCUT2D eigenvalue weighted by Gasteiger charge is 2.24. The number of aryl methyl sites for hydroxylation is 1. The minimum Gasteiger partial charge on any atom is -0.378 e. The van der Waals surface area contributed by atoms with E-state index in [1.54, 1.807) is 0 Å². The Kier molecular flexibility index (Phi) is 4.28. The fourth-order valence-electron chi connectivity index (χ4n) is 2.26. The molecule has 2 heterocycles. The molecule has 1 aliphatic heterocycles. The molecule has 1 aliphatic rings. The molecule has 0 radical (unpaired) electrons. The molecule has 0 spiro atoms. The summed E-state index contributed by atoms with van der Waals surface area (Å²) in [5, 5.41) is 0. The molecule has 1 saturated heterocycles. The summed E-state index contributed by atoms with van der Waals surface area (Å²) in [7, 11) is 0. The van der Waals surface area contributed by atoms with Gasteiger partial charge in [0.1, 0.15) is 0 Å². The highest BCUT2D eigenvalue weighted by Crippen LogP contribution is 2.14. The van der Waals surface area contributed by atoms with Crippen LogP contribution >= 0.6 is 0 Å². The molecule has 1 amide bonds. The molecule has 0 aromatic carbocycles. The van der Waals surface area contributed by atoms with Crippen molar-refractivity contribution >= 4 is 5.91 Å². The van der Waals surface area contributed by atoms with Crippen molar-refractivity contribution in [3.05, 3.63) is 29.6 Å². The predicted molar refractivity (Wildman–Crippen MR) is 67.8 cm³/mol. The van der Waals surface area contributed by atoms with Gasteiger partial charge in [-0.1, -0.05) is 6.07 Å². The number of nitrogens with two attached hydrogens (primary N) is 1. The Hall–Kier alpha value is -1.46. The number of carbonyl (C=O) groups excluding carboxylic acids is 1. The summed E-state index contributed by atoms with van der Waals surface area (Å²) in [4.78, 5) is 17.5. The van der Waals surface area contributed by atoms with Crippen LogP contribution in [-0.4, -0.2) is 41.6 Å². The number of hydrogen-bond acceptors (Lipinski definition) is 4. The highest BCUT2D eigenvalue weighted by molar-refractivity contribution is 5.74. The zero-order valence-electron chi connectivity index (χ0n) is 10.6. The number of amides is 1. The Bertz CT molecular complexity index is 422. The molecule has 1 fully saturated rings. The molecule has 0 bridgehead atoms. The standard InChI is InChI=1S/C13H19N3O2/c1-10-4-11(7-15-6-10)8-16-2-3-18-9-12(16)5-13(14)17/h4,6-7,12H,2-3,5,8-9H2,1H3,(H2,14,17). The first-order valence-electron chi connectivity index (χ1n) is 6.16. The average Bonchev–Trinajstić information content (AvgIpc) is 2.31. The Morgan fingerprint density at radius 3 is 3.17 bits per heavy atom. The van der Waals surface area contributed by atoms with Crippen molar-refractivity contribution in [2.24, 2.45) is 5.73 Å². The van der Waals surface area contributed by atoms with Gasteiger partial charge in [-0.15, -0.1) is 0 Å². The third kappa shape index (κ3) is 3.51. The fourth-order valence-corrected chi connectivity index (χ4v) is 2.26. The van der Waals surface area contributed by atoms with Crippen LogP contribution in [-0.2, 0) is 16.1 Å². The summed E-state index contributed by atoms with van der Waals surface area (Å²) in [5.41, 5.74) is 7.57. The number of pyridine rings is 1. The minimum absolute atomic E-state index is 0.0803. The van der Waals surface area contributed by atoms with Gasteiger partial charge in [0.25, 0.3) is 0 Å². The van der Waals surface area contributed by atoms with E-state index in [-0.39, 0.29) is 11.9 Å². The molecule has 98 valence electrons. The van der Waals surface area contributed by atoms with E-state index in [2.05, 4.69) is 16.0 Å². The zero-order chi connectivity index (χ0) is 13.0. The minimum atomic E-state index is -0.280. The van der Waals surface area contributed by atoms with Crippen molar-refractivity contribution in [3.63, 3.8) is 0 Å². The molecule has 18 heavy (non-hydrogen) atoms. The van der Waals surface area contributed by atoms with Crippen molar-refractivity contribution < 1.29 is 9.53 Å². The molecule has 5 heteroatoms. The van der Waals surface area contributed by atoms with Gasteiger partial charge in [-0.2, -0.15) is 0 Å². The highest BCUT2D eigenvalue weighted by atomic mass is 16.5. The van der Waals surface area contributed by atoms with E-state index in [1.807, 2.05) is 19.3 Å². The average molecular weight is 249 g/mol. The van der Waals surface area contributed by atoms with Gasteiger partial charge >= 0.3 is 0 Å². The fraction of sp³-hybridized carbons (Fsp3) is 0.538. The first-order chi connectivity index (χ1) is 8.65. The third-order valence-electron chi connectivity index (χ3n) is 3.10. The molecule has 1 aromatic rings. The molecule has 1 aromatic heterocycles. The van der Waals surface area contributed by atoms with Gasteiger partial charge < -0.3 is 10.5 Å². The quantitative estimate of drug-likeness (QED) is 0.842. The summed E-state index contributed by atoms with van der Waals surface area (Å²) in [6.07, 6.45) is 4.05. The van der Waals surface area contributed by atoms with Crippen LogP contribution in [0.4, 0.5) is 0 Å². The lowest BCUT2D eigenvalue weighted by Gasteiger charge is -2.34. The second-order valence-electron chi connectivity index (χ2n) is 4.74. The van der Waals surface area contributed by atoms with Crippen LogP contribution in [0, 0.1) is 6.92 Å². The van der Waals surface area contributed by atoms with Crippen LogP contribution in [0.1, 0.15) is 17.5 Å². The van der Waals surface area contributed by atoms with Gasteiger partial charge in [-0.05, 0) is 18.1 Å². The van der Waals surface area contributed by atoms with Crippen LogP contribution < -0.4 is 5.73 Å². The van der Waals surface area contributed by atoms with Gasteiger partial charge in [-0.25, -0.2) is 0 Å². The maximum absolute atomic E-state index is 11.0. The Morgan fingerprint density at radius 1 is 1.61 bits per heavy atom. The molecule has 2 rings (SSSR count). The van der Waals surface area contributed by atoms with E-state index in [4.69, 9.17) is 10.5 Å². The van der Waals surface area contributed by atoms with Crippen molar-refractivity contribution in [2.45, 2.75) is 25.9 Å². The molecule has 0 aliphatic carbocycles. The smallest absolute Gasteiger partial charge is 0.219 e. The summed E-state index contributed by atoms with van der Waals surface area (Å²) in [5.74, 6) is -0.280. The maximum Gasteiger partial charge on any atom is 0.219 e. The third-order valence-corrected chi connectivity index (χ3v) is 3.10. The van der Waals surface area contributed by atoms with E-state index in [0.29, 0.717) is 19.6 Å². The number of ether oxygens (including phenoxy) is 1. The van der Waals surface area contributed by atoms with E-state index in [1.165, 1.54) is 0 Å². The lowest BCUT2D eigenvalue weighted by Crippen LogP contribution is -2.46. The summed E-state index contributed by atoms with van der Waals surface area (Å²) >= 11 is 0. The van der Waals surface area contributed by atoms with Crippen LogP contribution in [0.5, 0.6) is 0 Å². The van der Waals surface area contributed by atoms with E-state index in [9.17, 15) is 4.79 Å². The van der Waals surface area contributed by atoms with Crippen LogP contribution in [0.2, 0.25) is 0 Å². The van der Waals surface area contributed by atoms with Gasteiger partial charge in [-0.3, -0.25) is 14.7 Å². The number of primary amides is 1. The summed E-state index contributed by atoms with van der Waals surface area (Å²) in [6.45, 7) is 4.91. The molecule has 1 unspecified atom stereocenters. The SMILES string of the molecule is Cc1cncc(CN2CCOCC2CC(N)=O)c1. The van der Waals surface area contributed by atoms with Crippen LogP contribution in [0.25, 0.3) is 0 Å². The van der Waals surface area contributed by atoms with E-state index >= 15 is 0 Å². The lowest BCUT2D eigenvalue weighted by molar-refractivity contribution is -0.121. The second-order valence-corrected chi connectivity index (χ2v) is 4.74. The topological polar surface area (TPSA) is 68.5 Å². The molecule has 0 saturated carbocycles. The number of carbonyl (C=O) groups is 1. The summed E-state index contributed by atoms with van der Waals surface area (Å²) < 4.78 is 5.41. The van der Waals surface area contributed by atoms with Crippen LogP contribution in [0.15, 0.2) is 18.5 Å². The Labute approximate surface area is 107 Å². The van der Waals surface area contributed by atoms with Gasteiger partial charge in [0.2, 0.25) is 5.91 Å². The van der Waals surface area contributed by atoms with Crippen LogP contribution in [0.3, 0.4) is 0 Å². The molecule has 1 atom stereocenters. The number of nitrogens with zero attached hydrogens (tertiary/aromatic N) is 2. The number of morpholine rings is 1. The molecular weight excluding hydrogens is 230 g/mol. The maximum atomic E-state index is 11.0. The number of rotatable bonds is 4. The lowest BCUT2D eigenvalue weighted by atomic mass is 10.1. The predicted octanol–water partition coefficient (Wildman–Crippen LogP) is 0.466. The van der Waals surface area contributed by atoms with Crippen molar-refractivity contribution in [2.75, 3.05) is 19.8 Å². The van der Waals surface area contributed by atoms with Gasteiger partial charge in [0.05, 0.1) is 13.2 Å². The van der Waals surface area contributed by atoms with Crippen molar-refractivity contribution in [1.82, 2.24) is 9.88 Å². The second kappa shape index (κ2) is 5.93. The first kappa shape index (κ1) is 13.0. The zero-order valence-corrected chi connectivity index (χ0v) is 10.6.